The summed E-state index contributed by atoms with van der Waals surface area (Å²) in [4.78, 5) is 12.0. The number of carbonyl (C=O) groups excluding carboxylic acids is 1. The van der Waals surface area contributed by atoms with Gasteiger partial charge < -0.3 is 15.2 Å². The average Bonchev–Trinajstić information content (AvgIpc) is 2.51. The highest BCUT2D eigenvalue weighted by Gasteiger charge is 2.26. The average molecular weight is 279 g/mol. The first-order chi connectivity index (χ1) is 9.59. The number of carbonyl (C=O) groups is 1. The van der Waals surface area contributed by atoms with Crippen molar-refractivity contribution in [2.75, 3.05) is 13.7 Å². The lowest BCUT2D eigenvalue weighted by Gasteiger charge is -2.30. The third kappa shape index (κ3) is 4.53. The van der Waals surface area contributed by atoms with E-state index in [1.54, 1.807) is 7.11 Å². The molecule has 1 amide bonds. The van der Waals surface area contributed by atoms with E-state index in [4.69, 9.17) is 4.74 Å². The molecular weight excluding hydrogens is 254 g/mol. The second-order valence-electron chi connectivity index (χ2n) is 5.05. The molecule has 112 valence electrons. The van der Waals surface area contributed by atoms with E-state index in [-0.39, 0.29) is 12.5 Å². The van der Waals surface area contributed by atoms with Gasteiger partial charge in [0.15, 0.2) is 0 Å². The molecule has 0 aromatic heterocycles. The van der Waals surface area contributed by atoms with Crippen molar-refractivity contribution in [3.05, 3.63) is 29.8 Å². The normalized spacial score (nSPS) is 11.2. The molecule has 1 rings (SSSR count). The van der Waals surface area contributed by atoms with Crippen LogP contribution >= 0.6 is 0 Å². The summed E-state index contributed by atoms with van der Waals surface area (Å²) in [5, 5.41) is 12.4. The summed E-state index contributed by atoms with van der Waals surface area (Å²) in [6.07, 6.45) is 2.53. The van der Waals surface area contributed by atoms with Crippen molar-refractivity contribution in [3.63, 3.8) is 0 Å². The lowest BCUT2D eigenvalue weighted by Crippen LogP contribution is -2.50. The molecule has 2 N–H and O–H groups in total. The molecule has 1 aromatic carbocycles. The van der Waals surface area contributed by atoms with Crippen molar-refractivity contribution >= 4 is 5.91 Å². The molecular formula is C16H25NO3. The number of aliphatic hydroxyl groups excluding tert-OH is 1. The molecule has 0 aliphatic carbocycles. The third-order valence-electron chi connectivity index (χ3n) is 3.84. The Balaban J connectivity index is 2.54. The number of hydrogen-bond acceptors (Lipinski definition) is 3. The maximum Gasteiger partial charge on any atom is 0.220 e. The minimum Gasteiger partial charge on any atom is -0.497 e. The molecule has 0 unspecified atom stereocenters. The Kier molecular flexibility index (Phi) is 6.52. The summed E-state index contributed by atoms with van der Waals surface area (Å²) in [6, 6.07) is 7.72. The first-order valence-corrected chi connectivity index (χ1v) is 7.14. The molecule has 0 fully saturated rings. The Labute approximate surface area is 121 Å². The molecule has 0 atom stereocenters. The number of aryl methyl sites for hydroxylation is 1. The molecule has 0 spiro atoms. The molecule has 4 nitrogen and oxygen atoms in total. The van der Waals surface area contributed by atoms with Gasteiger partial charge in [-0.15, -0.1) is 0 Å². The topological polar surface area (TPSA) is 58.6 Å². The Bertz CT molecular complexity index is 419. The van der Waals surface area contributed by atoms with E-state index < -0.39 is 5.54 Å². The summed E-state index contributed by atoms with van der Waals surface area (Å²) >= 11 is 0. The van der Waals surface area contributed by atoms with Gasteiger partial charge in [-0.2, -0.15) is 0 Å². The first kappa shape index (κ1) is 16.5. The number of aliphatic hydroxyl groups is 1. The minimum atomic E-state index is -0.481. The number of benzene rings is 1. The zero-order valence-corrected chi connectivity index (χ0v) is 12.6. The number of methoxy groups -OCH3 is 1. The summed E-state index contributed by atoms with van der Waals surface area (Å²) in [5.74, 6) is 0.778. The fraction of sp³-hybridized carbons (Fsp3) is 0.562. The van der Waals surface area contributed by atoms with Crippen LogP contribution in [-0.4, -0.2) is 30.3 Å². The summed E-state index contributed by atoms with van der Waals surface area (Å²) in [5.41, 5.74) is 0.591. The smallest absolute Gasteiger partial charge is 0.220 e. The molecule has 0 radical (unpaired) electrons. The fourth-order valence-electron chi connectivity index (χ4n) is 2.13. The first-order valence-electron chi connectivity index (χ1n) is 7.14. The van der Waals surface area contributed by atoms with Crippen LogP contribution in [0.3, 0.4) is 0 Å². The number of hydrogen-bond donors (Lipinski definition) is 2. The van der Waals surface area contributed by atoms with Crippen LogP contribution in [0.15, 0.2) is 24.3 Å². The van der Waals surface area contributed by atoms with Crippen LogP contribution in [0.25, 0.3) is 0 Å². The lowest BCUT2D eigenvalue weighted by molar-refractivity contribution is -0.123. The zero-order chi connectivity index (χ0) is 15.0. The van der Waals surface area contributed by atoms with E-state index in [2.05, 4.69) is 5.32 Å². The van der Waals surface area contributed by atoms with Crippen molar-refractivity contribution < 1.29 is 14.6 Å². The highest BCUT2D eigenvalue weighted by molar-refractivity contribution is 5.77. The summed E-state index contributed by atoms with van der Waals surface area (Å²) < 4.78 is 5.16. The van der Waals surface area contributed by atoms with Gasteiger partial charge in [-0.1, -0.05) is 26.0 Å². The molecule has 0 bridgehead atoms. The predicted molar refractivity (Wildman–Crippen MR) is 79.9 cm³/mol. The molecule has 0 saturated carbocycles. The zero-order valence-electron chi connectivity index (χ0n) is 12.6. The highest BCUT2D eigenvalue weighted by atomic mass is 16.5. The Morgan fingerprint density at radius 3 is 2.60 bits per heavy atom. The van der Waals surface area contributed by atoms with Crippen molar-refractivity contribution in [1.82, 2.24) is 5.32 Å². The van der Waals surface area contributed by atoms with E-state index in [1.807, 2.05) is 38.1 Å². The monoisotopic (exact) mass is 279 g/mol. The molecule has 0 aliphatic rings. The second kappa shape index (κ2) is 7.90. The van der Waals surface area contributed by atoms with Crippen molar-refractivity contribution in [2.24, 2.45) is 0 Å². The van der Waals surface area contributed by atoms with Gasteiger partial charge in [0.05, 0.1) is 19.3 Å². The Hall–Kier alpha value is -1.55. The highest BCUT2D eigenvalue weighted by Crippen LogP contribution is 2.16. The van der Waals surface area contributed by atoms with Gasteiger partial charge in [0.25, 0.3) is 0 Å². The maximum absolute atomic E-state index is 12.0. The molecule has 4 heteroatoms. The van der Waals surface area contributed by atoms with Gasteiger partial charge in [0, 0.05) is 6.42 Å². The predicted octanol–water partition coefficient (Wildman–Crippen LogP) is 2.30. The van der Waals surface area contributed by atoms with E-state index >= 15 is 0 Å². The number of amides is 1. The second-order valence-corrected chi connectivity index (χ2v) is 5.05. The third-order valence-corrected chi connectivity index (χ3v) is 3.84. The van der Waals surface area contributed by atoms with Crippen molar-refractivity contribution in [3.8, 4) is 5.75 Å². The molecule has 20 heavy (non-hydrogen) atoms. The maximum atomic E-state index is 12.0. The van der Waals surface area contributed by atoms with E-state index in [0.717, 1.165) is 24.2 Å². The van der Waals surface area contributed by atoms with Gasteiger partial charge in [0.1, 0.15) is 5.75 Å². The van der Waals surface area contributed by atoms with Crippen LogP contribution in [0, 0.1) is 0 Å². The van der Waals surface area contributed by atoms with Crippen LogP contribution in [0.5, 0.6) is 5.75 Å². The Morgan fingerprint density at radius 1 is 1.35 bits per heavy atom. The van der Waals surface area contributed by atoms with E-state index in [1.165, 1.54) is 0 Å². The van der Waals surface area contributed by atoms with Gasteiger partial charge in [0.2, 0.25) is 5.91 Å². The SMILES string of the molecule is CCC(CC)(CO)NC(=O)CCc1cccc(OC)c1. The summed E-state index contributed by atoms with van der Waals surface area (Å²) in [7, 11) is 1.63. The van der Waals surface area contributed by atoms with Gasteiger partial charge in [-0.3, -0.25) is 4.79 Å². The lowest BCUT2D eigenvalue weighted by atomic mass is 9.93. The van der Waals surface area contributed by atoms with Crippen molar-refractivity contribution in [2.45, 2.75) is 45.1 Å². The largest absolute Gasteiger partial charge is 0.497 e. The van der Waals surface area contributed by atoms with E-state index in [0.29, 0.717) is 12.8 Å². The fourth-order valence-corrected chi connectivity index (χ4v) is 2.13. The van der Waals surface area contributed by atoms with Crippen LogP contribution < -0.4 is 10.1 Å². The molecule has 0 saturated heterocycles. The van der Waals surface area contributed by atoms with Gasteiger partial charge in [-0.05, 0) is 37.0 Å². The van der Waals surface area contributed by atoms with Crippen LogP contribution in [-0.2, 0) is 11.2 Å². The van der Waals surface area contributed by atoms with Crippen LogP contribution in [0.4, 0.5) is 0 Å². The minimum absolute atomic E-state index is 0.0226. The van der Waals surface area contributed by atoms with Gasteiger partial charge in [-0.25, -0.2) is 0 Å². The van der Waals surface area contributed by atoms with Crippen LogP contribution in [0.2, 0.25) is 0 Å². The Morgan fingerprint density at radius 2 is 2.05 bits per heavy atom. The number of nitrogens with one attached hydrogen (secondary N) is 1. The standard InChI is InChI=1S/C16H25NO3/c1-4-16(5-2,12-18)17-15(19)10-9-13-7-6-8-14(11-13)20-3/h6-8,11,18H,4-5,9-10,12H2,1-3H3,(H,17,19). The van der Waals surface area contributed by atoms with Crippen molar-refractivity contribution in [1.29, 1.82) is 0 Å². The van der Waals surface area contributed by atoms with Gasteiger partial charge >= 0.3 is 0 Å². The number of rotatable bonds is 8. The molecule has 0 heterocycles. The van der Waals surface area contributed by atoms with Crippen LogP contribution in [0.1, 0.15) is 38.7 Å². The summed E-state index contributed by atoms with van der Waals surface area (Å²) in [6.45, 7) is 3.93. The molecule has 0 aliphatic heterocycles. The van der Waals surface area contributed by atoms with E-state index in [9.17, 15) is 9.90 Å². The molecule has 1 aromatic rings. The number of ether oxygens (including phenoxy) is 1. The quantitative estimate of drug-likeness (QED) is 0.767.